The highest BCUT2D eigenvalue weighted by Crippen LogP contribution is 2.30. The molecule has 0 saturated carbocycles. The number of aromatic nitrogens is 3. The normalized spacial score (nSPS) is 11.2. The van der Waals surface area contributed by atoms with Gasteiger partial charge in [-0.1, -0.05) is 0 Å². The molecule has 0 radical (unpaired) electrons. The summed E-state index contributed by atoms with van der Waals surface area (Å²) in [5.74, 6) is -2.54. The van der Waals surface area contributed by atoms with Crippen LogP contribution in [0.3, 0.4) is 0 Å². The first kappa shape index (κ1) is 13.7. The molecule has 0 aliphatic rings. The fourth-order valence-corrected chi connectivity index (χ4v) is 1.34. The number of hydrogen-bond acceptors (Lipinski definition) is 5. The molecule has 6 nitrogen and oxygen atoms in total. The summed E-state index contributed by atoms with van der Waals surface area (Å²) in [7, 11) is 0. The third-order valence-electron chi connectivity index (χ3n) is 2.23. The van der Waals surface area contributed by atoms with E-state index in [0.717, 1.165) is 6.20 Å². The molecule has 0 unspecified atom stereocenters. The summed E-state index contributed by atoms with van der Waals surface area (Å²) in [6, 6.07) is 2.72. The Kier molecular flexibility index (Phi) is 3.51. The van der Waals surface area contributed by atoms with Gasteiger partial charge in [0.25, 0.3) is 0 Å². The molecule has 0 fully saturated rings. The molecule has 2 rings (SSSR count). The third kappa shape index (κ3) is 2.82. The number of aromatic amines is 1. The molecule has 0 spiro atoms. The van der Waals surface area contributed by atoms with Crippen LogP contribution >= 0.6 is 0 Å². The minimum atomic E-state index is -4.80. The Labute approximate surface area is 109 Å². The molecular formula is C11H6F3N3O3. The van der Waals surface area contributed by atoms with Gasteiger partial charge < -0.3 is 4.74 Å². The van der Waals surface area contributed by atoms with Crippen molar-refractivity contribution in [2.24, 2.45) is 0 Å². The lowest BCUT2D eigenvalue weighted by Crippen LogP contribution is -2.17. The molecule has 0 aromatic carbocycles. The van der Waals surface area contributed by atoms with Gasteiger partial charge in [0.1, 0.15) is 5.56 Å². The van der Waals surface area contributed by atoms with E-state index in [0.29, 0.717) is 6.20 Å². The van der Waals surface area contributed by atoms with Crippen LogP contribution in [-0.4, -0.2) is 27.1 Å². The van der Waals surface area contributed by atoms with Gasteiger partial charge in [-0.05, 0) is 12.1 Å². The van der Waals surface area contributed by atoms with Crippen molar-refractivity contribution in [3.8, 4) is 0 Å². The summed E-state index contributed by atoms with van der Waals surface area (Å²) >= 11 is 0. The van der Waals surface area contributed by atoms with Crippen molar-refractivity contribution in [2.45, 2.75) is 6.18 Å². The van der Waals surface area contributed by atoms with Crippen LogP contribution in [0.25, 0.3) is 0 Å². The molecular weight excluding hydrogens is 279 g/mol. The van der Waals surface area contributed by atoms with Crippen LogP contribution in [0.15, 0.2) is 30.7 Å². The average Bonchev–Trinajstić information content (AvgIpc) is 2.89. The van der Waals surface area contributed by atoms with E-state index in [9.17, 15) is 22.8 Å². The van der Waals surface area contributed by atoms with Crippen LogP contribution < -0.4 is 0 Å². The Balaban J connectivity index is 2.18. The average molecular weight is 285 g/mol. The summed E-state index contributed by atoms with van der Waals surface area (Å²) < 4.78 is 41.9. The number of halogens is 3. The second-order valence-electron chi connectivity index (χ2n) is 3.58. The quantitative estimate of drug-likeness (QED) is 0.672. The monoisotopic (exact) mass is 285 g/mol. The molecule has 1 N–H and O–H groups in total. The number of H-pyrrole nitrogens is 1. The van der Waals surface area contributed by atoms with E-state index in [1.54, 1.807) is 5.10 Å². The lowest BCUT2D eigenvalue weighted by Gasteiger charge is -2.06. The summed E-state index contributed by atoms with van der Waals surface area (Å²) in [5, 5.41) is 4.76. The van der Waals surface area contributed by atoms with Crippen molar-refractivity contribution < 1.29 is 27.5 Å². The van der Waals surface area contributed by atoms with Crippen LogP contribution in [0.5, 0.6) is 0 Å². The SMILES string of the molecule is O=C(OC(=O)c1cn[nH]c1C(F)(F)F)c1cccnc1. The topological polar surface area (TPSA) is 84.9 Å². The predicted octanol–water partition coefficient (Wildman–Crippen LogP) is 1.82. The molecule has 104 valence electrons. The van der Waals surface area contributed by atoms with Crippen LogP contribution in [0.2, 0.25) is 0 Å². The second kappa shape index (κ2) is 5.11. The molecule has 0 bridgehead atoms. The van der Waals surface area contributed by atoms with Crippen molar-refractivity contribution in [3.63, 3.8) is 0 Å². The number of rotatable bonds is 2. The number of hydrogen-bond donors (Lipinski definition) is 1. The van der Waals surface area contributed by atoms with E-state index in [1.807, 2.05) is 0 Å². The summed E-state index contributed by atoms with van der Waals surface area (Å²) in [5.41, 5.74) is -2.30. The van der Waals surface area contributed by atoms with E-state index in [1.165, 1.54) is 18.3 Å². The van der Waals surface area contributed by atoms with Crippen molar-refractivity contribution in [1.82, 2.24) is 15.2 Å². The van der Waals surface area contributed by atoms with Crippen molar-refractivity contribution in [1.29, 1.82) is 0 Å². The van der Waals surface area contributed by atoms with Crippen molar-refractivity contribution >= 4 is 11.9 Å². The Bertz CT molecular complexity index is 637. The first-order chi connectivity index (χ1) is 9.39. The lowest BCUT2D eigenvalue weighted by molar-refractivity contribution is -0.141. The van der Waals surface area contributed by atoms with Gasteiger partial charge in [-0.3, -0.25) is 10.1 Å². The molecule has 2 heterocycles. The van der Waals surface area contributed by atoms with E-state index < -0.39 is 29.4 Å². The van der Waals surface area contributed by atoms with Crippen LogP contribution in [0.4, 0.5) is 13.2 Å². The first-order valence-corrected chi connectivity index (χ1v) is 5.16. The van der Waals surface area contributed by atoms with E-state index >= 15 is 0 Å². The Morgan fingerprint density at radius 2 is 1.95 bits per heavy atom. The number of alkyl halides is 3. The van der Waals surface area contributed by atoms with Gasteiger partial charge in [0, 0.05) is 12.4 Å². The number of carbonyl (C=O) groups is 2. The summed E-state index contributed by atoms with van der Waals surface area (Å²) in [6.07, 6.45) is -1.66. The fraction of sp³-hybridized carbons (Fsp3) is 0.0909. The van der Waals surface area contributed by atoms with E-state index in [2.05, 4.69) is 14.8 Å². The number of ether oxygens (including phenoxy) is 1. The highest BCUT2D eigenvalue weighted by atomic mass is 19.4. The Hall–Kier alpha value is -2.71. The Morgan fingerprint density at radius 1 is 1.20 bits per heavy atom. The minimum Gasteiger partial charge on any atom is -0.386 e. The number of pyridine rings is 1. The van der Waals surface area contributed by atoms with Crippen molar-refractivity contribution in [3.05, 3.63) is 47.5 Å². The summed E-state index contributed by atoms with van der Waals surface area (Å²) in [4.78, 5) is 26.7. The van der Waals surface area contributed by atoms with Crippen molar-refractivity contribution in [2.75, 3.05) is 0 Å². The molecule has 2 aromatic heterocycles. The standard InChI is InChI=1S/C11H6F3N3O3/c12-11(13,14)8-7(5-16-17-8)10(19)20-9(18)6-2-1-3-15-4-6/h1-5H,(H,16,17). The van der Waals surface area contributed by atoms with Gasteiger partial charge in [0.15, 0.2) is 5.69 Å². The zero-order valence-corrected chi connectivity index (χ0v) is 9.64. The van der Waals surface area contributed by atoms with Crippen LogP contribution in [-0.2, 0) is 10.9 Å². The largest absolute Gasteiger partial charge is 0.433 e. The molecule has 2 aromatic rings. The minimum absolute atomic E-state index is 0.0575. The van der Waals surface area contributed by atoms with Crippen LogP contribution in [0.1, 0.15) is 26.4 Å². The third-order valence-corrected chi connectivity index (χ3v) is 2.23. The predicted molar refractivity (Wildman–Crippen MR) is 57.6 cm³/mol. The molecule has 0 amide bonds. The van der Waals surface area contributed by atoms with Gasteiger partial charge in [0.2, 0.25) is 0 Å². The zero-order chi connectivity index (χ0) is 14.8. The van der Waals surface area contributed by atoms with Gasteiger partial charge in [-0.2, -0.15) is 18.3 Å². The number of nitrogens with one attached hydrogen (secondary N) is 1. The molecule has 9 heteroatoms. The smallest absolute Gasteiger partial charge is 0.386 e. The number of carbonyl (C=O) groups excluding carboxylic acids is 2. The summed E-state index contributed by atoms with van der Waals surface area (Å²) in [6.45, 7) is 0. The zero-order valence-electron chi connectivity index (χ0n) is 9.64. The maximum absolute atomic E-state index is 12.5. The maximum Gasteiger partial charge on any atom is 0.433 e. The van der Waals surface area contributed by atoms with Crippen LogP contribution in [0, 0.1) is 0 Å². The van der Waals surface area contributed by atoms with E-state index in [-0.39, 0.29) is 5.56 Å². The number of esters is 2. The highest BCUT2D eigenvalue weighted by molar-refractivity contribution is 6.02. The van der Waals surface area contributed by atoms with Gasteiger partial charge in [-0.25, -0.2) is 9.59 Å². The molecule has 0 aliphatic carbocycles. The number of nitrogens with zero attached hydrogens (tertiary/aromatic N) is 2. The fourth-order valence-electron chi connectivity index (χ4n) is 1.34. The second-order valence-corrected chi connectivity index (χ2v) is 3.58. The Morgan fingerprint density at radius 3 is 2.55 bits per heavy atom. The molecule has 20 heavy (non-hydrogen) atoms. The van der Waals surface area contributed by atoms with Gasteiger partial charge in [0.05, 0.1) is 11.8 Å². The maximum atomic E-state index is 12.5. The first-order valence-electron chi connectivity index (χ1n) is 5.16. The van der Waals surface area contributed by atoms with Gasteiger partial charge >= 0.3 is 18.1 Å². The molecule has 0 aliphatic heterocycles. The highest BCUT2D eigenvalue weighted by Gasteiger charge is 2.38. The van der Waals surface area contributed by atoms with Gasteiger partial charge in [-0.15, -0.1) is 0 Å². The lowest BCUT2D eigenvalue weighted by atomic mass is 10.2. The van der Waals surface area contributed by atoms with E-state index in [4.69, 9.17) is 0 Å². The molecule has 0 atom stereocenters. The molecule has 0 saturated heterocycles.